The van der Waals surface area contributed by atoms with E-state index in [4.69, 9.17) is 11.8 Å². The van der Waals surface area contributed by atoms with Crippen LogP contribution in [0.1, 0.15) is 33.1 Å². The first-order valence-corrected chi connectivity index (χ1v) is 8.73. The van der Waals surface area contributed by atoms with Crippen molar-refractivity contribution in [1.82, 2.24) is 4.67 Å². The second-order valence-electron chi connectivity index (χ2n) is 3.37. The number of hydrogen-bond acceptors (Lipinski definition) is 3. The molecular weight excluding hydrogens is 260 g/mol. The summed E-state index contributed by atoms with van der Waals surface area (Å²) in [5, 5.41) is 0.408. The molecule has 0 aliphatic rings. The fourth-order valence-corrected chi connectivity index (χ4v) is 5.35. The molecule has 0 aromatic carbocycles. The molecule has 0 aromatic rings. The molecule has 0 fully saturated rings. The van der Waals surface area contributed by atoms with Gasteiger partial charge in [0, 0.05) is 5.25 Å². The van der Waals surface area contributed by atoms with Crippen LogP contribution in [0.5, 0.6) is 0 Å². The van der Waals surface area contributed by atoms with Crippen molar-refractivity contribution in [1.29, 1.82) is 0 Å². The van der Waals surface area contributed by atoms with E-state index in [1.807, 2.05) is 0 Å². The first-order chi connectivity index (χ1) is 5.90. The third kappa shape index (κ3) is 8.68. The Morgan fingerprint density at radius 3 is 2.36 bits per heavy atom. The summed E-state index contributed by atoms with van der Waals surface area (Å²) in [7, 11) is 3.57. The van der Waals surface area contributed by atoms with Crippen LogP contribution in [0.15, 0.2) is 0 Å². The van der Waals surface area contributed by atoms with Crippen LogP contribution in [0.2, 0.25) is 0 Å². The van der Waals surface area contributed by atoms with Crippen LogP contribution in [0, 0.1) is 0 Å². The molecule has 0 bridgehead atoms. The maximum absolute atomic E-state index is 11.8. The fraction of sp³-hybridized carbons (Fsp3) is 1.00. The van der Waals surface area contributed by atoms with Gasteiger partial charge in [0.2, 0.25) is 0 Å². The van der Waals surface area contributed by atoms with Gasteiger partial charge in [0.05, 0.1) is 0 Å². The minimum Gasteiger partial charge on any atom is -0.802 e. The van der Waals surface area contributed by atoms with Gasteiger partial charge in [-0.1, -0.05) is 38.5 Å². The second-order valence-corrected chi connectivity index (χ2v) is 10.4. The van der Waals surface area contributed by atoms with Crippen molar-refractivity contribution >= 4 is 28.8 Å². The Morgan fingerprint density at radius 2 is 2.00 bits per heavy atom. The summed E-state index contributed by atoms with van der Waals surface area (Å²) < 4.78 is 1.66. The molecule has 80 valence electrons. The average Bonchev–Trinajstić information content (AvgIpc) is 1.99. The molecule has 2 unspecified atom stereocenters. The van der Waals surface area contributed by atoms with E-state index in [-0.39, 0.29) is 51.4 Å². The summed E-state index contributed by atoms with van der Waals surface area (Å²) in [6, 6.07) is 0. The first-order valence-electron chi connectivity index (χ1n) is 4.57. The molecule has 0 aliphatic heterocycles. The molecule has 0 heterocycles. The first kappa shape index (κ1) is 18.9. The average molecular weight is 279 g/mol. The van der Waals surface area contributed by atoms with E-state index in [9.17, 15) is 4.89 Å². The van der Waals surface area contributed by atoms with Gasteiger partial charge in [-0.05, 0) is 26.1 Å². The zero-order chi connectivity index (χ0) is 10.5. The largest absolute Gasteiger partial charge is 1.00 e. The minimum absolute atomic E-state index is 0. The Kier molecular flexibility index (Phi) is 12.9. The SMILES string of the molecule is CCCCC(C)SP([O-])(=S)N(C)C.[K+]. The minimum atomic E-state index is -2.53. The van der Waals surface area contributed by atoms with Crippen molar-refractivity contribution in [2.75, 3.05) is 14.1 Å². The summed E-state index contributed by atoms with van der Waals surface area (Å²) in [6.07, 6.45) is 3.49. The van der Waals surface area contributed by atoms with Crippen LogP contribution in [-0.4, -0.2) is 24.0 Å². The molecule has 0 spiro atoms. The Hall–Kier alpha value is 2.56. The van der Waals surface area contributed by atoms with Crippen LogP contribution in [0.3, 0.4) is 0 Å². The summed E-state index contributed by atoms with van der Waals surface area (Å²) in [6.45, 7) is 4.26. The van der Waals surface area contributed by atoms with Gasteiger partial charge in [0.25, 0.3) is 0 Å². The van der Waals surface area contributed by atoms with E-state index in [1.165, 1.54) is 24.2 Å². The van der Waals surface area contributed by atoms with Crippen molar-refractivity contribution in [3.8, 4) is 0 Å². The van der Waals surface area contributed by atoms with E-state index in [0.717, 1.165) is 6.42 Å². The van der Waals surface area contributed by atoms with Crippen molar-refractivity contribution in [2.24, 2.45) is 0 Å². The van der Waals surface area contributed by atoms with Crippen LogP contribution < -0.4 is 56.3 Å². The fourth-order valence-electron chi connectivity index (χ4n) is 0.866. The monoisotopic (exact) mass is 279 g/mol. The molecular formula is C8H19KNOPS2. The third-order valence-electron chi connectivity index (χ3n) is 1.77. The predicted molar refractivity (Wildman–Crippen MR) is 64.6 cm³/mol. The van der Waals surface area contributed by atoms with Gasteiger partial charge in [0.15, 0.2) is 0 Å². The predicted octanol–water partition coefficient (Wildman–Crippen LogP) is -0.551. The summed E-state index contributed by atoms with van der Waals surface area (Å²) in [5.74, 6) is 0. The molecule has 0 saturated carbocycles. The van der Waals surface area contributed by atoms with Crippen molar-refractivity contribution in [2.45, 2.75) is 38.4 Å². The Balaban J connectivity index is 0. The van der Waals surface area contributed by atoms with Gasteiger partial charge in [-0.15, -0.1) is 11.4 Å². The van der Waals surface area contributed by atoms with E-state index in [2.05, 4.69) is 13.8 Å². The second kappa shape index (κ2) is 9.57. The molecule has 0 rings (SSSR count). The third-order valence-corrected chi connectivity index (χ3v) is 8.22. The topological polar surface area (TPSA) is 26.3 Å². The summed E-state index contributed by atoms with van der Waals surface area (Å²) in [4.78, 5) is 11.8. The van der Waals surface area contributed by atoms with Gasteiger partial charge in [0.1, 0.15) is 0 Å². The van der Waals surface area contributed by atoms with Crippen LogP contribution >= 0.6 is 17.0 Å². The van der Waals surface area contributed by atoms with Gasteiger partial charge < -0.3 is 4.89 Å². The van der Waals surface area contributed by atoms with Gasteiger partial charge in [-0.25, -0.2) is 0 Å². The zero-order valence-electron chi connectivity index (χ0n) is 9.82. The molecule has 2 atom stereocenters. The number of hydrogen-bond donors (Lipinski definition) is 0. The van der Waals surface area contributed by atoms with E-state index in [0.29, 0.717) is 5.25 Å². The molecule has 14 heavy (non-hydrogen) atoms. The van der Waals surface area contributed by atoms with Crippen molar-refractivity contribution in [3.63, 3.8) is 0 Å². The van der Waals surface area contributed by atoms with Crippen molar-refractivity contribution < 1.29 is 56.3 Å². The van der Waals surface area contributed by atoms with Crippen LogP contribution in [0.25, 0.3) is 0 Å². The molecule has 0 aromatic heterocycles. The molecule has 0 aliphatic carbocycles. The number of rotatable bonds is 6. The Bertz CT molecular complexity index is 192. The maximum Gasteiger partial charge on any atom is 1.00 e. The summed E-state index contributed by atoms with van der Waals surface area (Å²) in [5.41, 5.74) is -2.53. The smallest absolute Gasteiger partial charge is 0.802 e. The van der Waals surface area contributed by atoms with Crippen LogP contribution in [-0.2, 0) is 11.8 Å². The molecule has 2 nitrogen and oxygen atoms in total. The van der Waals surface area contributed by atoms with Gasteiger partial charge >= 0.3 is 51.4 Å². The number of nitrogens with zero attached hydrogens (tertiary/aromatic N) is 1. The normalized spacial score (nSPS) is 17.3. The van der Waals surface area contributed by atoms with Crippen molar-refractivity contribution in [3.05, 3.63) is 0 Å². The molecule has 0 amide bonds. The van der Waals surface area contributed by atoms with E-state index >= 15 is 0 Å². The van der Waals surface area contributed by atoms with Crippen LogP contribution in [0.4, 0.5) is 0 Å². The van der Waals surface area contributed by atoms with Gasteiger partial charge in [-0.2, -0.15) is 0 Å². The summed E-state index contributed by atoms with van der Waals surface area (Å²) >= 11 is 6.48. The van der Waals surface area contributed by atoms with E-state index < -0.39 is 5.62 Å². The Morgan fingerprint density at radius 1 is 1.50 bits per heavy atom. The standard InChI is InChI=1S/C8H20NOPS2.K/c1-5-6-7-8(2)13-11(10,12)9(3)4;/h8H,5-7H2,1-4H3,(H,10,12);/q;+1/p-1. The molecule has 0 radical (unpaired) electrons. The molecule has 6 heteroatoms. The maximum atomic E-state index is 11.8. The number of unbranched alkanes of at least 4 members (excludes halogenated alkanes) is 1. The van der Waals surface area contributed by atoms with E-state index in [1.54, 1.807) is 18.8 Å². The Labute approximate surface area is 140 Å². The zero-order valence-corrected chi connectivity index (χ0v) is 15.5. The molecule has 0 N–H and O–H groups in total. The molecule has 0 saturated heterocycles. The quantitative estimate of drug-likeness (QED) is 0.481. The van der Waals surface area contributed by atoms with Gasteiger partial charge in [-0.3, -0.25) is 4.67 Å².